The Kier molecular flexibility index (Phi) is 4.17. The number of hydrogen-bond donors (Lipinski definition) is 0. The van der Waals surface area contributed by atoms with Crippen LogP contribution in [0.25, 0.3) is 0 Å². The lowest BCUT2D eigenvalue weighted by Crippen LogP contribution is -2.19. The van der Waals surface area contributed by atoms with E-state index in [9.17, 15) is 0 Å². The van der Waals surface area contributed by atoms with Crippen LogP contribution < -0.4 is 4.74 Å². The summed E-state index contributed by atoms with van der Waals surface area (Å²) in [5.41, 5.74) is -0.497. The SMILES string of the molecule is CC(C)(C#N)COc1cnc(Cl)cc1I. The fourth-order valence-electron chi connectivity index (χ4n) is 0.792. The highest BCUT2D eigenvalue weighted by atomic mass is 127. The number of rotatable bonds is 3. The molecule has 5 heteroatoms. The van der Waals surface area contributed by atoms with E-state index in [0.717, 1.165) is 3.57 Å². The second kappa shape index (κ2) is 4.99. The van der Waals surface area contributed by atoms with Crippen LogP contribution >= 0.6 is 34.2 Å². The van der Waals surface area contributed by atoms with Crippen molar-refractivity contribution in [3.05, 3.63) is 21.0 Å². The van der Waals surface area contributed by atoms with Gasteiger partial charge in [-0.25, -0.2) is 4.98 Å². The number of ether oxygens (including phenoxy) is 1. The Labute approximate surface area is 108 Å². The van der Waals surface area contributed by atoms with Crippen molar-refractivity contribution in [2.75, 3.05) is 6.61 Å². The molecule has 1 rings (SSSR count). The summed E-state index contributed by atoms with van der Waals surface area (Å²) in [6.45, 7) is 3.98. The van der Waals surface area contributed by atoms with Crippen LogP contribution in [0.3, 0.4) is 0 Å². The van der Waals surface area contributed by atoms with E-state index in [1.807, 2.05) is 13.8 Å². The van der Waals surface area contributed by atoms with Gasteiger partial charge in [0.15, 0.2) is 5.75 Å². The van der Waals surface area contributed by atoms with E-state index in [2.05, 4.69) is 33.6 Å². The first-order valence-electron chi connectivity index (χ1n) is 4.30. The monoisotopic (exact) mass is 336 g/mol. The predicted molar refractivity (Wildman–Crippen MR) is 66.9 cm³/mol. The van der Waals surface area contributed by atoms with Gasteiger partial charge in [-0.05, 0) is 42.5 Å². The van der Waals surface area contributed by atoms with Crippen molar-refractivity contribution in [3.63, 3.8) is 0 Å². The normalized spacial score (nSPS) is 10.9. The van der Waals surface area contributed by atoms with Gasteiger partial charge >= 0.3 is 0 Å². The molecule has 0 aliphatic rings. The van der Waals surface area contributed by atoms with Crippen molar-refractivity contribution < 1.29 is 4.74 Å². The lowest BCUT2D eigenvalue weighted by Gasteiger charge is -2.16. The van der Waals surface area contributed by atoms with Gasteiger partial charge in [-0.3, -0.25) is 0 Å². The molecule has 1 heterocycles. The predicted octanol–water partition coefficient (Wildman–Crippen LogP) is 3.27. The summed E-state index contributed by atoms with van der Waals surface area (Å²) in [7, 11) is 0. The third-order valence-electron chi connectivity index (χ3n) is 1.68. The molecule has 0 atom stereocenters. The summed E-state index contributed by atoms with van der Waals surface area (Å²) in [6, 6.07) is 3.89. The van der Waals surface area contributed by atoms with Gasteiger partial charge in [0.2, 0.25) is 0 Å². The van der Waals surface area contributed by atoms with E-state index in [-0.39, 0.29) is 0 Å². The summed E-state index contributed by atoms with van der Waals surface area (Å²) in [4.78, 5) is 3.92. The standard InChI is InChI=1S/C10H10ClIN2O/c1-10(2,5-13)6-15-8-4-14-9(11)3-7(8)12/h3-4H,6H2,1-2H3. The van der Waals surface area contributed by atoms with E-state index in [1.54, 1.807) is 12.3 Å². The molecule has 0 aliphatic heterocycles. The van der Waals surface area contributed by atoms with Crippen molar-refractivity contribution in [2.24, 2.45) is 5.41 Å². The Bertz CT molecular complexity index is 401. The van der Waals surface area contributed by atoms with Gasteiger partial charge < -0.3 is 4.74 Å². The molecule has 0 unspecified atom stereocenters. The molecule has 80 valence electrons. The van der Waals surface area contributed by atoms with Crippen LogP contribution in [-0.4, -0.2) is 11.6 Å². The zero-order valence-corrected chi connectivity index (χ0v) is 11.3. The quantitative estimate of drug-likeness (QED) is 0.628. The van der Waals surface area contributed by atoms with Gasteiger partial charge in [0.05, 0.1) is 21.3 Å². The smallest absolute Gasteiger partial charge is 0.151 e. The Morgan fingerprint density at radius 1 is 1.67 bits per heavy atom. The molecule has 0 saturated heterocycles. The maximum atomic E-state index is 8.82. The summed E-state index contributed by atoms with van der Waals surface area (Å²) < 4.78 is 6.39. The average Bonchev–Trinajstić information content (AvgIpc) is 2.16. The number of nitrogens with zero attached hydrogens (tertiary/aromatic N) is 2. The van der Waals surface area contributed by atoms with Gasteiger partial charge in [0.25, 0.3) is 0 Å². The second-order valence-electron chi connectivity index (χ2n) is 3.72. The summed E-state index contributed by atoms with van der Waals surface area (Å²) >= 11 is 7.83. The molecule has 15 heavy (non-hydrogen) atoms. The first-order chi connectivity index (χ1) is 6.94. The highest BCUT2D eigenvalue weighted by Crippen LogP contribution is 2.24. The molecular formula is C10H10ClIN2O. The Hall–Kier alpha value is -0.540. The summed E-state index contributed by atoms with van der Waals surface area (Å²) in [5.74, 6) is 0.656. The molecular weight excluding hydrogens is 326 g/mol. The van der Waals surface area contributed by atoms with Crippen LogP contribution in [0.1, 0.15) is 13.8 Å². The molecule has 0 amide bonds. The van der Waals surface area contributed by atoms with Crippen molar-refractivity contribution in [2.45, 2.75) is 13.8 Å². The minimum Gasteiger partial charge on any atom is -0.489 e. The molecule has 0 aliphatic carbocycles. The maximum Gasteiger partial charge on any atom is 0.151 e. The van der Waals surface area contributed by atoms with E-state index in [0.29, 0.717) is 17.5 Å². The highest BCUT2D eigenvalue weighted by Gasteiger charge is 2.18. The van der Waals surface area contributed by atoms with Crippen LogP contribution in [0.2, 0.25) is 5.15 Å². The Morgan fingerprint density at radius 3 is 2.87 bits per heavy atom. The fraction of sp³-hybridized carbons (Fsp3) is 0.400. The lowest BCUT2D eigenvalue weighted by atomic mass is 9.98. The lowest BCUT2D eigenvalue weighted by molar-refractivity contribution is 0.225. The van der Waals surface area contributed by atoms with Crippen molar-refractivity contribution in [1.82, 2.24) is 4.98 Å². The molecule has 0 aromatic carbocycles. The molecule has 0 radical (unpaired) electrons. The van der Waals surface area contributed by atoms with Gasteiger partial charge in [-0.15, -0.1) is 0 Å². The van der Waals surface area contributed by atoms with Crippen LogP contribution in [-0.2, 0) is 0 Å². The fourth-order valence-corrected chi connectivity index (χ4v) is 1.72. The minimum atomic E-state index is -0.497. The van der Waals surface area contributed by atoms with E-state index in [4.69, 9.17) is 21.6 Å². The third kappa shape index (κ3) is 3.84. The maximum absolute atomic E-state index is 8.82. The Morgan fingerprint density at radius 2 is 2.33 bits per heavy atom. The zero-order valence-electron chi connectivity index (χ0n) is 8.42. The molecule has 0 bridgehead atoms. The second-order valence-corrected chi connectivity index (χ2v) is 5.27. The van der Waals surface area contributed by atoms with Gasteiger partial charge in [0.1, 0.15) is 11.8 Å². The number of hydrogen-bond acceptors (Lipinski definition) is 3. The van der Waals surface area contributed by atoms with Gasteiger partial charge in [-0.2, -0.15) is 5.26 Å². The first-order valence-corrected chi connectivity index (χ1v) is 5.75. The molecule has 0 N–H and O–H groups in total. The van der Waals surface area contributed by atoms with E-state index < -0.39 is 5.41 Å². The van der Waals surface area contributed by atoms with Crippen molar-refractivity contribution >= 4 is 34.2 Å². The third-order valence-corrected chi connectivity index (χ3v) is 2.73. The molecule has 1 aromatic heterocycles. The number of pyridine rings is 1. The van der Waals surface area contributed by atoms with E-state index >= 15 is 0 Å². The first kappa shape index (κ1) is 12.5. The Balaban J connectivity index is 2.71. The highest BCUT2D eigenvalue weighted by molar-refractivity contribution is 14.1. The molecule has 1 aromatic rings. The van der Waals surface area contributed by atoms with Crippen LogP contribution in [0.15, 0.2) is 12.3 Å². The topological polar surface area (TPSA) is 45.9 Å². The van der Waals surface area contributed by atoms with Crippen LogP contribution in [0.4, 0.5) is 0 Å². The van der Waals surface area contributed by atoms with Crippen molar-refractivity contribution in [3.8, 4) is 11.8 Å². The summed E-state index contributed by atoms with van der Waals surface area (Å²) in [5, 5.41) is 9.25. The molecule has 0 saturated carbocycles. The number of halogens is 2. The van der Waals surface area contributed by atoms with Crippen LogP contribution in [0.5, 0.6) is 5.75 Å². The number of nitriles is 1. The van der Waals surface area contributed by atoms with Crippen molar-refractivity contribution in [1.29, 1.82) is 5.26 Å². The molecule has 0 spiro atoms. The number of aromatic nitrogens is 1. The van der Waals surface area contributed by atoms with E-state index in [1.165, 1.54) is 0 Å². The largest absolute Gasteiger partial charge is 0.489 e. The average molecular weight is 337 g/mol. The van der Waals surface area contributed by atoms with Gasteiger partial charge in [-0.1, -0.05) is 11.6 Å². The molecule has 0 fully saturated rings. The minimum absolute atomic E-state index is 0.336. The molecule has 3 nitrogen and oxygen atoms in total. The van der Waals surface area contributed by atoms with Gasteiger partial charge in [0, 0.05) is 0 Å². The zero-order chi connectivity index (χ0) is 11.5. The van der Waals surface area contributed by atoms with Crippen LogP contribution in [0, 0.1) is 20.3 Å². The summed E-state index contributed by atoms with van der Waals surface area (Å²) in [6.07, 6.45) is 1.57.